The van der Waals surface area contributed by atoms with Gasteiger partial charge in [0.25, 0.3) is 0 Å². The first-order valence-electron chi connectivity index (χ1n) is 5.93. The summed E-state index contributed by atoms with van der Waals surface area (Å²) in [6.45, 7) is 6.14. The fraction of sp³-hybridized carbons (Fsp3) is 0.538. The average molecular weight is 270 g/mol. The Morgan fingerprint density at radius 1 is 1.22 bits per heavy atom. The van der Waals surface area contributed by atoms with E-state index in [2.05, 4.69) is 24.5 Å². The van der Waals surface area contributed by atoms with Gasteiger partial charge in [0.15, 0.2) is 0 Å². The average Bonchev–Trinajstić information content (AvgIpc) is 2.19. The molecule has 0 aromatic heterocycles. The molecule has 102 valence electrons. The number of nitrogens with two attached hydrogens (primary N) is 1. The quantitative estimate of drug-likeness (QED) is 0.619. The second-order valence-electron chi connectivity index (χ2n) is 5.04. The van der Waals surface area contributed by atoms with E-state index < -0.39 is 9.84 Å². The number of hydrogen-bond acceptors (Lipinski definition) is 4. The van der Waals surface area contributed by atoms with Crippen molar-refractivity contribution in [1.82, 2.24) is 5.43 Å². The van der Waals surface area contributed by atoms with Gasteiger partial charge in [0.2, 0.25) is 0 Å². The number of aryl methyl sites for hydroxylation is 3. The van der Waals surface area contributed by atoms with Gasteiger partial charge in [0.05, 0.1) is 5.75 Å². The van der Waals surface area contributed by atoms with Gasteiger partial charge >= 0.3 is 0 Å². The minimum atomic E-state index is -3.03. The Kier molecular flexibility index (Phi) is 4.90. The first kappa shape index (κ1) is 15.1. The van der Waals surface area contributed by atoms with E-state index in [1.165, 1.54) is 28.5 Å². The van der Waals surface area contributed by atoms with Crippen LogP contribution in [0.3, 0.4) is 0 Å². The molecule has 0 aliphatic heterocycles. The molecular formula is C13H22N2O2S. The third kappa shape index (κ3) is 4.40. The molecule has 3 N–H and O–H groups in total. The molecule has 1 aromatic rings. The van der Waals surface area contributed by atoms with E-state index in [-0.39, 0.29) is 11.8 Å². The summed E-state index contributed by atoms with van der Waals surface area (Å²) in [7, 11) is -3.03. The highest BCUT2D eigenvalue weighted by Gasteiger charge is 2.16. The Morgan fingerprint density at radius 3 is 2.11 bits per heavy atom. The van der Waals surface area contributed by atoms with Crippen molar-refractivity contribution in [2.24, 2.45) is 5.84 Å². The molecule has 0 bridgehead atoms. The van der Waals surface area contributed by atoms with Crippen LogP contribution >= 0.6 is 0 Å². The second kappa shape index (κ2) is 5.82. The molecule has 0 aliphatic rings. The van der Waals surface area contributed by atoms with Gasteiger partial charge in [-0.2, -0.15) is 0 Å². The van der Waals surface area contributed by atoms with Gasteiger partial charge in [-0.1, -0.05) is 17.7 Å². The SMILES string of the molecule is Cc1cc(C)c(CC(CS(C)(=O)=O)NN)c(C)c1. The molecule has 1 unspecified atom stereocenters. The van der Waals surface area contributed by atoms with Crippen LogP contribution in [0.25, 0.3) is 0 Å². The lowest BCUT2D eigenvalue weighted by atomic mass is 9.95. The molecule has 0 amide bonds. The first-order valence-corrected chi connectivity index (χ1v) is 7.99. The zero-order valence-corrected chi connectivity index (χ0v) is 12.3. The maximum absolute atomic E-state index is 11.3. The van der Waals surface area contributed by atoms with Gasteiger partial charge in [0, 0.05) is 12.3 Å². The van der Waals surface area contributed by atoms with Crippen LogP contribution in [0.5, 0.6) is 0 Å². The van der Waals surface area contributed by atoms with Gasteiger partial charge in [-0.25, -0.2) is 8.42 Å². The monoisotopic (exact) mass is 270 g/mol. The van der Waals surface area contributed by atoms with E-state index in [1.54, 1.807) is 0 Å². The van der Waals surface area contributed by atoms with Crippen molar-refractivity contribution in [2.45, 2.75) is 33.2 Å². The number of benzene rings is 1. The summed E-state index contributed by atoms with van der Waals surface area (Å²) < 4.78 is 22.6. The second-order valence-corrected chi connectivity index (χ2v) is 7.22. The number of sulfone groups is 1. The first-order chi connectivity index (χ1) is 8.23. The number of nitrogens with one attached hydrogen (secondary N) is 1. The van der Waals surface area contributed by atoms with E-state index in [0.717, 1.165) is 0 Å². The Labute approximate surface area is 109 Å². The van der Waals surface area contributed by atoms with Crippen molar-refractivity contribution in [3.05, 3.63) is 34.4 Å². The van der Waals surface area contributed by atoms with Crippen molar-refractivity contribution < 1.29 is 8.42 Å². The number of hydrazine groups is 1. The predicted octanol–water partition coefficient (Wildman–Crippen LogP) is 1.03. The predicted molar refractivity (Wildman–Crippen MR) is 75.2 cm³/mol. The largest absolute Gasteiger partial charge is 0.271 e. The maximum Gasteiger partial charge on any atom is 0.149 e. The zero-order chi connectivity index (χ0) is 13.9. The minimum absolute atomic E-state index is 0.0518. The summed E-state index contributed by atoms with van der Waals surface area (Å²) in [6.07, 6.45) is 1.85. The molecular weight excluding hydrogens is 248 g/mol. The molecule has 4 nitrogen and oxygen atoms in total. The molecule has 0 spiro atoms. The Bertz CT molecular complexity index is 501. The zero-order valence-electron chi connectivity index (χ0n) is 11.4. The van der Waals surface area contributed by atoms with Crippen molar-refractivity contribution in [2.75, 3.05) is 12.0 Å². The van der Waals surface area contributed by atoms with Crippen LogP contribution < -0.4 is 11.3 Å². The van der Waals surface area contributed by atoms with Gasteiger partial charge < -0.3 is 0 Å². The maximum atomic E-state index is 11.3. The van der Waals surface area contributed by atoms with Crippen molar-refractivity contribution in [3.8, 4) is 0 Å². The minimum Gasteiger partial charge on any atom is -0.271 e. The van der Waals surface area contributed by atoms with Crippen molar-refractivity contribution in [3.63, 3.8) is 0 Å². The van der Waals surface area contributed by atoms with Crippen LogP contribution in [0.2, 0.25) is 0 Å². The molecule has 0 saturated heterocycles. The summed E-state index contributed by atoms with van der Waals surface area (Å²) in [5, 5.41) is 0. The number of rotatable bonds is 5. The lowest BCUT2D eigenvalue weighted by Gasteiger charge is -2.18. The normalized spacial score (nSPS) is 13.6. The van der Waals surface area contributed by atoms with Crippen molar-refractivity contribution >= 4 is 9.84 Å². The molecule has 0 heterocycles. The van der Waals surface area contributed by atoms with Crippen LogP contribution in [-0.4, -0.2) is 26.5 Å². The summed E-state index contributed by atoms with van der Waals surface area (Å²) in [6, 6.07) is 3.97. The molecule has 1 rings (SSSR count). The Hall–Kier alpha value is -0.910. The molecule has 5 heteroatoms. The third-order valence-electron chi connectivity index (χ3n) is 3.03. The van der Waals surface area contributed by atoms with E-state index in [1.807, 2.05) is 13.8 Å². The summed E-state index contributed by atoms with van der Waals surface area (Å²) in [4.78, 5) is 0. The number of hydrogen-bond donors (Lipinski definition) is 2. The lowest BCUT2D eigenvalue weighted by molar-refractivity contribution is 0.544. The fourth-order valence-corrected chi connectivity index (χ4v) is 3.25. The summed E-state index contributed by atoms with van der Waals surface area (Å²) in [5.74, 6) is 5.50. The van der Waals surface area contributed by atoms with Gasteiger partial charge in [0.1, 0.15) is 9.84 Å². The molecule has 0 radical (unpaired) electrons. The van der Waals surface area contributed by atoms with E-state index in [0.29, 0.717) is 6.42 Å². The highest BCUT2D eigenvalue weighted by atomic mass is 32.2. The van der Waals surface area contributed by atoms with Gasteiger partial charge in [-0.15, -0.1) is 0 Å². The van der Waals surface area contributed by atoms with Crippen LogP contribution in [0, 0.1) is 20.8 Å². The van der Waals surface area contributed by atoms with Crippen LogP contribution in [0.15, 0.2) is 12.1 Å². The van der Waals surface area contributed by atoms with Gasteiger partial charge in [-0.3, -0.25) is 11.3 Å². The standard InChI is InChI=1S/C13H22N2O2S/c1-9-5-10(2)13(11(3)6-9)7-12(15-14)8-18(4,16)17/h5-6,12,15H,7-8,14H2,1-4H3. The van der Waals surface area contributed by atoms with Gasteiger partial charge in [-0.05, 0) is 43.9 Å². The molecule has 0 fully saturated rings. The van der Waals surface area contributed by atoms with E-state index in [4.69, 9.17) is 5.84 Å². The Morgan fingerprint density at radius 2 is 1.72 bits per heavy atom. The highest BCUT2D eigenvalue weighted by molar-refractivity contribution is 7.90. The third-order valence-corrected chi connectivity index (χ3v) is 4.04. The molecule has 18 heavy (non-hydrogen) atoms. The lowest BCUT2D eigenvalue weighted by Crippen LogP contribution is -2.42. The highest BCUT2D eigenvalue weighted by Crippen LogP contribution is 2.18. The molecule has 0 aliphatic carbocycles. The van der Waals surface area contributed by atoms with Crippen molar-refractivity contribution in [1.29, 1.82) is 0 Å². The van der Waals surface area contributed by atoms with E-state index in [9.17, 15) is 8.42 Å². The Balaban J connectivity index is 2.95. The molecule has 0 saturated carbocycles. The smallest absolute Gasteiger partial charge is 0.149 e. The van der Waals surface area contributed by atoms with Crippen LogP contribution in [0.4, 0.5) is 0 Å². The van der Waals surface area contributed by atoms with E-state index >= 15 is 0 Å². The topological polar surface area (TPSA) is 72.2 Å². The summed E-state index contributed by atoms with van der Waals surface area (Å²) >= 11 is 0. The molecule has 1 aromatic carbocycles. The van der Waals surface area contributed by atoms with Crippen LogP contribution in [-0.2, 0) is 16.3 Å². The van der Waals surface area contributed by atoms with Crippen LogP contribution in [0.1, 0.15) is 22.3 Å². The molecule has 1 atom stereocenters. The summed E-state index contributed by atoms with van der Waals surface area (Å²) in [5.41, 5.74) is 7.35. The fourth-order valence-electron chi connectivity index (χ4n) is 2.31.